The third-order valence-corrected chi connectivity index (χ3v) is 4.65. The van der Waals surface area contributed by atoms with E-state index in [0.29, 0.717) is 4.47 Å². The maximum absolute atomic E-state index is 12.4. The smallest absolute Gasteiger partial charge is 0.410 e. The molecule has 0 aromatic carbocycles. The van der Waals surface area contributed by atoms with Crippen molar-refractivity contribution in [1.82, 2.24) is 9.88 Å². The van der Waals surface area contributed by atoms with Crippen LogP contribution >= 0.6 is 22.9 Å². The Labute approximate surface area is 135 Å². The molecule has 4 nitrogen and oxygen atoms in total. The molecule has 0 N–H and O–H groups in total. The number of amides is 1. The molecule has 0 saturated heterocycles. The van der Waals surface area contributed by atoms with Gasteiger partial charge in [-0.15, -0.1) is 11.3 Å². The van der Waals surface area contributed by atoms with E-state index in [1.165, 1.54) is 16.2 Å². The quantitative estimate of drug-likeness (QED) is 0.829. The van der Waals surface area contributed by atoms with E-state index < -0.39 is 5.60 Å². The molecular weight excluding hydrogens is 308 g/mol. The first-order chi connectivity index (χ1) is 9.80. The van der Waals surface area contributed by atoms with E-state index in [4.69, 9.17) is 16.3 Å². The molecule has 21 heavy (non-hydrogen) atoms. The lowest BCUT2D eigenvalue weighted by atomic mass is 9.96. The molecule has 1 aliphatic rings. The van der Waals surface area contributed by atoms with Gasteiger partial charge >= 0.3 is 6.09 Å². The van der Waals surface area contributed by atoms with Crippen molar-refractivity contribution in [3.8, 4) is 0 Å². The third kappa shape index (κ3) is 4.33. The van der Waals surface area contributed by atoms with Crippen LogP contribution < -0.4 is 0 Å². The van der Waals surface area contributed by atoms with Crippen LogP contribution in [0.4, 0.5) is 4.79 Å². The number of hydrogen-bond donors (Lipinski definition) is 0. The number of hydrogen-bond acceptors (Lipinski definition) is 4. The van der Waals surface area contributed by atoms with Gasteiger partial charge in [0.05, 0.1) is 5.69 Å². The molecule has 1 aromatic heterocycles. The minimum Gasteiger partial charge on any atom is -0.444 e. The van der Waals surface area contributed by atoms with E-state index in [9.17, 15) is 4.79 Å². The summed E-state index contributed by atoms with van der Waals surface area (Å²) in [6, 6.07) is 0.184. The first kappa shape index (κ1) is 16.6. The summed E-state index contributed by atoms with van der Waals surface area (Å²) in [5.41, 5.74) is 0.637. The second kappa shape index (κ2) is 6.53. The molecule has 0 bridgehead atoms. The zero-order chi connectivity index (χ0) is 15.6. The fourth-order valence-electron chi connectivity index (χ4n) is 2.58. The molecule has 0 fully saturated rings. The van der Waals surface area contributed by atoms with E-state index in [-0.39, 0.29) is 12.1 Å². The Kier molecular flexibility index (Phi) is 5.15. The summed E-state index contributed by atoms with van der Waals surface area (Å²) in [5, 5.41) is 0. The number of halogens is 1. The van der Waals surface area contributed by atoms with E-state index in [1.807, 2.05) is 25.7 Å². The predicted molar refractivity (Wildman–Crippen MR) is 86.2 cm³/mol. The number of fused-ring (bicyclic) bond motifs is 1. The number of nitrogens with zero attached hydrogens (tertiary/aromatic N) is 2. The lowest BCUT2D eigenvalue weighted by molar-refractivity contribution is 0.0147. The van der Waals surface area contributed by atoms with Crippen LogP contribution in [0.1, 0.15) is 51.1 Å². The van der Waals surface area contributed by atoms with Crippen molar-refractivity contribution in [3.63, 3.8) is 0 Å². The van der Waals surface area contributed by atoms with Crippen LogP contribution in [0.2, 0.25) is 4.47 Å². The molecule has 1 atom stereocenters. The van der Waals surface area contributed by atoms with Gasteiger partial charge in [-0.1, -0.05) is 18.5 Å². The molecule has 0 radical (unpaired) electrons. The molecule has 2 rings (SSSR count). The predicted octanol–water partition coefficient (Wildman–Crippen LogP) is 4.30. The summed E-state index contributed by atoms with van der Waals surface area (Å²) < 4.78 is 6.14. The highest BCUT2D eigenvalue weighted by Gasteiger charge is 2.31. The highest BCUT2D eigenvalue weighted by Crippen LogP contribution is 2.31. The Balaban J connectivity index is 2.10. The Hall–Kier alpha value is -0.810. The topological polar surface area (TPSA) is 42.4 Å². The van der Waals surface area contributed by atoms with Crippen LogP contribution in [-0.2, 0) is 17.6 Å². The third-order valence-electron chi connectivity index (χ3n) is 3.42. The van der Waals surface area contributed by atoms with Crippen LogP contribution in [0.5, 0.6) is 0 Å². The molecule has 0 unspecified atom stereocenters. The van der Waals surface area contributed by atoms with Crippen LogP contribution in [0.25, 0.3) is 0 Å². The van der Waals surface area contributed by atoms with Crippen molar-refractivity contribution in [2.45, 2.75) is 65.0 Å². The molecule has 1 heterocycles. The molecule has 0 aliphatic heterocycles. The monoisotopic (exact) mass is 330 g/mol. The first-order valence-corrected chi connectivity index (χ1v) is 8.63. The maximum Gasteiger partial charge on any atom is 0.410 e. The fraction of sp³-hybridized carbons (Fsp3) is 0.733. The van der Waals surface area contributed by atoms with Crippen LogP contribution in [0, 0.1) is 0 Å². The van der Waals surface area contributed by atoms with Crippen molar-refractivity contribution in [3.05, 3.63) is 15.0 Å². The summed E-state index contributed by atoms with van der Waals surface area (Å²) in [4.78, 5) is 19.9. The first-order valence-electron chi connectivity index (χ1n) is 7.44. The second-order valence-corrected chi connectivity index (χ2v) is 8.07. The highest BCUT2D eigenvalue weighted by atomic mass is 35.5. The molecule has 6 heteroatoms. The van der Waals surface area contributed by atoms with Gasteiger partial charge in [0.1, 0.15) is 5.60 Å². The van der Waals surface area contributed by atoms with Crippen LogP contribution in [0.15, 0.2) is 0 Å². The van der Waals surface area contributed by atoms with Gasteiger partial charge < -0.3 is 9.64 Å². The zero-order valence-electron chi connectivity index (χ0n) is 13.1. The van der Waals surface area contributed by atoms with Crippen LogP contribution in [0.3, 0.4) is 0 Å². The Morgan fingerprint density at radius 2 is 2.24 bits per heavy atom. The van der Waals surface area contributed by atoms with Crippen molar-refractivity contribution in [2.75, 3.05) is 6.54 Å². The fourth-order valence-corrected chi connectivity index (χ4v) is 3.86. The van der Waals surface area contributed by atoms with Gasteiger partial charge in [0, 0.05) is 23.9 Å². The number of rotatable bonds is 3. The molecule has 1 amide bonds. The van der Waals surface area contributed by atoms with E-state index in [0.717, 1.165) is 37.9 Å². The van der Waals surface area contributed by atoms with E-state index in [2.05, 4.69) is 11.9 Å². The van der Waals surface area contributed by atoms with E-state index in [1.54, 1.807) is 0 Å². The average Bonchev–Trinajstić information content (AvgIpc) is 2.72. The summed E-state index contributed by atoms with van der Waals surface area (Å²) in [7, 11) is 0. The van der Waals surface area contributed by atoms with Crippen LogP contribution in [-0.4, -0.2) is 34.2 Å². The molecule has 118 valence electrons. The standard InChI is InChI=1S/C15H23ClN2O2S/c1-5-8-18(14(19)20-15(2,3)4)10-6-7-11-12(9-10)21-13(16)17-11/h10H,5-9H2,1-4H3/t10-/m1/s1. The lowest BCUT2D eigenvalue weighted by Crippen LogP contribution is -2.46. The number of aryl methyl sites for hydroxylation is 1. The summed E-state index contributed by atoms with van der Waals surface area (Å²) in [5.74, 6) is 0. The molecule has 0 spiro atoms. The molecule has 1 aromatic rings. The Morgan fingerprint density at radius 3 is 2.86 bits per heavy atom. The second-order valence-electron chi connectivity index (χ2n) is 6.41. The van der Waals surface area contributed by atoms with Gasteiger partial charge in [-0.05, 0) is 40.0 Å². The normalized spacial score (nSPS) is 18.2. The van der Waals surface area contributed by atoms with Crippen molar-refractivity contribution in [1.29, 1.82) is 0 Å². The molecule has 1 aliphatic carbocycles. The summed E-state index contributed by atoms with van der Waals surface area (Å²) in [6.07, 6.45) is 3.34. The average molecular weight is 331 g/mol. The summed E-state index contributed by atoms with van der Waals surface area (Å²) in [6.45, 7) is 8.50. The summed E-state index contributed by atoms with van der Waals surface area (Å²) >= 11 is 7.52. The lowest BCUT2D eigenvalue weighted by Gasteiger charge is -2.35. The van der Waals surface area contributed by atoms with E-state index >= 15 is 0 Å². The minimum atomic E-state index is -0.462. The SMILES string of the molecule is CCCN(C(=O)OC(C)(C)C)[C@@H]1CCc2nc(Cl)sc2C1. The van der Waals surface area contributed by atoms with Gasteiger partial charge in [-0.3, -0.25) is 0 Å². The van der Waals surface area contributed by atoms with Gasteiger partial charge in [0.25, 0.3) is 0 Å². The van der Waals surface area contributed by atoms with Gasteiger partial charge in [-0.25, -0.2) is 9.78 Å². The maximum atomic E-state index is 12.4. The van der Waals surface area contributed by atoms with Gasteiger partial charge in [0.15, 0.2) is 4.47 Å². The van der Waals surface area contributed by atoms with Crippen molar-refractivity contribution in [2.24, 2.45) is 0 Å². The number of thiazole rings is 1. The number of ether oxygens (including phenoxy) is 1. The van der Waals surface area contributed by atoms with Gasteiger partial charge in [-0.2, -0.15) is 0 Å². The molecule has 0 saturated carbocycles. The van der Waals surface area contributed by atoms with Crippen molar-refractivity contribution < 1.29 is 9.53 Å². The number of carbonyl (C=O) groups excluding carboxylic acids is 1. The molecular formula is C15H23ClN2O2S. The van der Waals surface area contributed by atoms with Gasteiger partial charge in [0.2, 0.25) is 0 Å². The Bertz CT molecular complexity index is 510. The number of carbonyl (C=O) groups is 1. The number of aromatic nitrogens is 1. The van der Waals surface area contributed by atoms with Crippen molar-refractivity contribution >= 4 is 29.0 Å². The minimum absolute atomic E-state index is 0.184. The largest absolute Gasteiger partial charge is 0.444 e. The Morgan fingerprint density at radius 1 is 1.52 bits per heavy atom. The zero-order valence-corrected chi connectivity index (χ0v) is 14.7. The highest BCUT2D eigenvalue weighted by molar-refractivity contribution is 7.15.